The Kier molecular flexibility index (Phi) is 4.77. The van der Waals surface area contributed by atoms with Gasteiger partial charge in [-0.1, -0.05) is 6.07 Å². The van der Waals surface area contributed by atoms with Crippen LogP contribution in [0.3, 0.4) is 0 Å². The number of halogens is 2. The minimum absolute atomic E-state index is 0.331. The largest absolute Gasteiger partial charge is 0.497 e. The normalized spacial score (nSPS) is 10.0. The summed E-state index contributed by atoms with van der Waals surface area (Å²) in [6.45, 7) is 0. The maximum absolute atomic E-state index is 13.5. The Balaban J connectivity index is 2.16. The van der Waals surface area contributed by atoms with Gasteiger partial charge in [0.1, 0.15) is 28.8 Å². The Morgan fingerprint density at radius 2 is 1.68 bits per heavy atom. The number of anilines is 2. The first-order chi connectivity index (χ1) is 10.5. The van der Waals surface area contributed by atoms with Crippen LogP contribution in [0.4, 0.5) is 25.0 Å². The molecule has 0 radical (unpaired) electrons. The number of benzene rings is 2. The molecule has 0 saturated carbocycles. The number of hydrogen-bond donors (Lipinski definition) is 2. The van der Waals surface area contributed by atoms with Gasteiger partial charge in [0.05, 0.1) is 19.9 Å². The van der Waals surface area contributed by atoms with Gasteiger partial charge < -0.3 is 20.1 Å². The molecule has 0 fully saturated rings. The molecule has 0 unspecified atom stereocenters. The van der Waals surface area contributed by atoms with Gasteiger partial charge in [0.25, 0.3) is 0 Å². The summed E-state index contributed by atoms with van der Waals surface area (Å²) in [7, 11) is 2.92. The summed E-state index contributed by atoms with van der Waals surface area (Å²) >= 11 is 0. The minimum Gasteiger partial charge on any atom is -0.497 e. The third-order valence-electron chi connectivity index (χ3n) is 2.86. The van der Waals surface area contributed by atoms with Crippen LogP contribution in [0.5, 0.6) is 11.5 Å². The fourth-order valence-corrected chi connectivity index (χ4v) is 1.79. The monoisotopic (exact) mass is 308 g/mol. The molecule has 0 bridgehead atoms. The highest BCUT2D eigenvalue weighted by Gasteiger charge is 2.13. The molecule has 2 aromatic carbocycles. The quantitative estimate of drug-likeness (QED) is 0.907. The Hall–Kier alpha value is -2.83. The topological polar surface area (TPSA) is 59.6 Å². The van der Waals surface area contributed by atoms with Gasteiger partial charge in [-0.15, -0.1) is 0 Å². The third-order valence-corrected chi connectivity index (χ3v) is 2.86. The highest BCUT2D eigenvalue weighted by molar-refractivity contribution is 6.00. The van der Waals surface area contributed by atoms with Gasteiger partial charge in [-0.3, -0.25) is 0 Å². The molecule has 0 aliphatic rings. The average molecular weight is 308 g/mol. The lowest BCUT2D eigenvalue weighted by molar-refractivity contribution is 0.261. The standard InChI is InChI=1S/C15H14F2N2O3/c1-21-9-6-7-12(13(8-9)22-2)18-15(20)19-14-10(16)4-3-5-11(14)17/h3-8H,1-2H3,(H2,18,19,20). The average Bonchev–Trinajstić information content (AvgIpc) is 2.51. The number of para-hydroxylation sites is 1. The summed E-state index contributed by atoms with van der Waals surface area (Å²) in [5.41, 5.74) is -0.190. The van der Waals surface area contributed by atoms with Crippen molar-refractivity contribution < 1.29 is 23.0 Å². The zero-order valence-electron chi connectivity index (χ0n) is 11.9. The Labute approximate surface area is 125 Å². The van der Waals surface area contributed by atoms with Crippen LogP contribution in [-0.2, 0) is 0 Å². The van der Waals surface area contributed by atoms with E-state index >= 15 is 0 Å². The van der Waals surface area contributed by atoms with E-state index in [-0.39, 0.29) is 0 Å². The van der Waals surface area contributed by atoms with Crippen LogP contribution in [0.1, 0.15) is 0 Å². The molecule has 2 N–H and O–H groups in total. The minimum atomic E-state index is -0.864. The zero-order chi connectivity index (χ0) is 16.1. The lowest BCUT2D eigenvalue weighted by Gasteiger charge is -2.13. The van der Waals surface area contributed by atoms with Crippen LogP contribution in [0.25, 0.3) is 0 Å². The lowest BCUT2D eigenvalue weighted by atomic mass is 10.2. The molecule has 2 aromatic rings. The van der Waals surface area contributed by atoms with Crippen molar-refractivity contribution in [3.63, 3.8) is 0 Å². The molecule has 22 heavy (non-hydrogen) atoms. The zero-order valence-corrected chi connectivity index (χ0v) is 11.9. The molecule has 0 aliphatic carbocycles. The van der Waals surface area contributed by atoms with E-state index in [9.17, 15) is 13.6 Å². The number of nitrogens with one attached hydrogen (secondary N) is 2. The molecule has 2 rings (SSSR count). The van der Waals surface area contributed by atoms with Gasteiger partial charge in [0.2, 0.25) is 0 Å². The summed E-state index contributed by atoms with van der Waals surface area (Å²) in [5.74, 6) is -0.833. The fraction of sp³-hybridized carbons (Fsp3) is 0.133. The van der Waals surface area contributed by atoms with Crippen molar-refractivity contribution in [2.75, 3.05) is 24.9 Å². The first-order valence-corrected chi connectivity index (χ1v) is 6.29. The number of urea groups is 1. The summed E-state index contributed by atoms with van der Waals surface area (Å²) in [5, 5.41) is 4.57. The van der Waals surface area contributed by atoms with E-state index in [0.29, 0.717) is 17.2 Å². The molecule has 0 saturated heterocycles. The van der Waals surface area contributed by atoms with Crippen LogP contribution >= 0.6 is 0 Å². The number of carbonyl (C=O) groups excluding carboxylic acids is 1. The van der Waals surface area contributed by atoms with Gasteiger partial charge in [-0.25, -0.2) is 13.6 Å². The number of rotatable bonds is 4. The van der Waals surface area contributed by atoms with E-state index in [0.717, 1.165) is 12.1 Å². The Bertz CT molecular complexity index is 672. The van der Waals surface area contributed by atoms with E-state index in [1.165, 1.54) is 20.3 Å². The van der Waals surface area contributed by atoms with Crippen LogP contribution in [0.2, 0.25) is 0 Å². The molecule has 7 heteroatoms. The van der Waals surface area contributed by atoms with Crippen LogP contribution in [-0.4, -0.2) is 20.3 Å². The molecule has 0 aromatic heterocycles. The molecule has 5 nitrogen and oxygen atoms in total. The van der Waals surface area contributed by atoms with Crippen molar-refractivity contribution in [3.8, 4) is 11.5 Å². The van der Waals surface area contributed by atoms with E-state index < -0.39 is 23.4 Å². The molecule has 0 atom stereocenters. The van der Waals surface area contributed by atoms with E-state index in [4.69, 9.17) is 9.47 Å². The second-order valence-corrected chi connectivity index (χ2v) is 4.24. The number of methoxy groups -OCH3 is 2. The molecule has 2 amide bonds. The predicted molar refractivity (Wildman–Crippen MR) is 78.5 cm³/mol. The van der Waals surface area contributed by atoms with Crippen LogP contribution in [0.15, 0.2) is 36.4 Å². The van der Waals surface area contributed by atoms with E-state index in [2.05, 4.69) is 10.6 Å². The second kappa shape index (κ2) is 6.75. The third kappa shape index (κ3) is 3.43. The second-order valence-electron chi connectivity index (χ2n) is 4.24. The predicted octanol–water partition coefficient (Wildman–Crippen LogP) is 3.63. The van der Waals surface area contributed by atoms with E-state index in [1.807, 2.05) is 0 Å². The smallest absolute Gasteiger partial charge is 0.323 e. The Morgan fingerprint density at radius 1 is 1.00 bits per heavy atom. The number of hydrogen-bond acceptors (Lipinski definition) is 3. The first-order valence-electron chi connectivity index (χ1n) is 6.29. The summed E-state index contributed by atoms with van der Waals surface area (Å²) in [6, 6.07) is 7.24. The van der Waals surface area contributed by atoms with Gasteiger partial charge in [-0.05, 0) is 24.3 Å². The summed E-state index contributed by atoms with van der Waals surface area (Å²) < 4.78 is 37.1. The lowest BCUT2D eigenvalue weighted by Crippen LogP contribution is -2.21. The fourth-order valence-electron chi connectivity index (χ4n) is 1.79. The molecule has 0 aliphatic heterocycles. The maximum Gasteiger partial charge on any atom is 0.323 e. The number of amides is 2. The van der Waals surface area contributed by atoms with Crippen molar-refractivity contribution in [1.29, 1.82) is 0 Å². The molecular formula is C15H14F2N2O3. The van der Waals surface area contributed by atoms with Gasteiger partial charge in [0.15, 0.2) is 0 Å². The molecule has 0 spiro atoms. The van der Waals surface area contributed by atoms with Gasteiger partial charge >= 0.3 is 6.03 Å². The van der Waals surface area contributed by atoms with E-state index in [1.54, 1.807) is 18.2 Å². The SMILES string of the molecule is COc1ccc(NC(=O)Nc2c(F)cccc2F)c(OC)c1. The van der Waals surface area contributed by atoms with Crippen LogP contribution in [0, 0.1) is 11.6 Å². The Morgan fingerprint density at radius 3 is 2.27 bits per heavy atom. The van der Waals surface area contributed by atoms with Crippen molar-refractivity contribution >= 4 is 17.4 Å². The highest BCUT2D eigenvalue weighted by Crippen LogP contribution is 2.29. The molecule has 0 heterocycles. The number of carbonyl (C=O) groups is 1. The van der Waals surface area contributed by atoms with Crippen molar-refractivity contribution in [2.45, 2.75) is 0 Å². The maximum atomic E-state index is 13.5. The first kappa shape index (κ1) is 15.6. The van der Waals surface area contributed by atoms with Gasteiger partial charge in [0, 0.05) is 6.07 Å². The summed E-state index contributed by atoms with van der Waals surface area (Å²) in [4.78, 5) is 11.9. The molecular weight excluding hydrogens is 294 g/mol. The highest BCUT2D eigenvalue weighted by atomic mass is 19.1. The molecule has 116 valence electrons. The number of ether oxygens (including phenoxy) is 2. The van der Waals surface area contributed by atoms with Crippen molar-refractivity contribution in [1.82, 2.24) is 0 Å². The van der Waals surface area contributed by atoms with Crippen LogP contribution < -0.4 is 20.1 Å². The van der Waals surface area contributed by atoms with Gasteiger partial charge in [-0.2, -0.15) is 0 Å². The van der Waals surface area contributed by atoms with Crippen molar-refractivity contribution in [3.05, 3.63) is 48.0 Å². The summed E-state index contributed by atoms with van der Waals surface area (Å²) in [6.07, 6.45) is 0. The van der Waals surface area contributed by atoms with Crippen molar-refractivity contribution in [2.24, 2.45) is 0 Å².